The number of rotatable bonds is 83. The van der Waals surface area contributed by atoms with Crippen LogP contribution in [-0.4, -0.2) is 96.7 Å². The van der Waals surface area contributed by atoms with Crippen LogP contribution in [0, 0.1) is 5.92 Å². The number of ether oxygens (including phenoxy) is 4. The summed E-state index contributed by atoms with van der Waals surface area (Å²) in [4.78, 5) is 73.2. The van der Waals surface area contributed by atoms with E-state index in [1.807, 2.05) is 0 Å². The van der Waals surface area contributed by atoms with Crippen molar-refractivity contribution in [2.24, 2.45) is 5.92 Å². The minimum Gasteiger partial charge on any atom is -0.462 e. The normalized spacial score (nSPS) is 14.1. The Labute approximate surface area is 626 Å². The van der Waals surface area contributed by atoms with Crippen molar-refractivity contribution < 1.29 is 80.2 Å². The number of aliphatic hydroxyl groups excluding tert-OH is 1. The summed E-state index contributed by atoms with van der Waals surface area (Å²) >= 11 is 0. The molecule has 6 atom stereocenters. The molecule has 606 valence electrons. The molecule has 0 aliphatic carbocycles. The van der Waals surface area contributed by atoms with E-state index in [0.29, 0.717) is 25.7 Å². The maximum atomic E-state index is 13.1. The van der Waals surface area contributed by atoms with Gasteiger partial charge in [0.2, 0.25) is 0 Å². The summed E-state index contributed by atoms with van der Waals surface area (Å²) in [5.41, 5.74) is 0. The molecule has 0 aromatic rings. The van der Waals surface area contributed by atoms with E-state index < -0.39 is 97.5 Å². The molecule has 17 nitrogen and oxygen atoms in total. The lowest BCUT2D eigenvalue weighted by Gasteiger charge is -2.21. The first-order valence-corrected chi connectivity index (χ1v) is 46.2. The van der Waals surface area contributed by atoms with Gasteiger partial charge in [0.15, 0.2) is 12.2 Å². The molecule has 0 aromatic carbocycles. The van der Waals surface area contributed by atoms with E-state index in [4.69, 9.17) is 37.0 Å². The van der Waals surface area contributed by atoms with E-state index in [-0.39, 0.29) is 25.7 Å². The second-order valence-corrected chi connectivity index (χ2v) is 33.0. The summed E-state index contributed by atoms with van der Waals surface area (Å²) in [7, 11) is -9.92. The van der Waals surface area contributed by atoms with Crippen LogP contribution in [0.3, 0.4) is 0 Å². The Morgan fingerprint density at radius 1 is 0.275 bits per heavy atom. The third-order valence-electron chi connectivity index (χ3n) is 19.9. The van der Waals surface area contributed by atoms with Gasteiger partial charge in [-0.25, -0.2) is 9.13 Å². The number of phosphoric ester groups is 2. The number of carbonyl (C=O) groups excluding carboxylic acids is 4. The van der Waals surface area contributed by atoms with Gasteiger partial charge in [-0.3, -0.25) is 37.3 Å². The number of esters is 4. The fourth-order valence-corrected chi connectivity index (χ4v) is 14.5. The SMILES string of the molecule is CCCCCCCCCCCCCCCCCCCCC(=O)O[C@H](COC(=O)CCCCCCCCCCCCCCCCCCC)COP(=O)(O)OC[C@@H](O)COP(=O)(O)OC[C@@H](COC(=O)CCCCCCCCCCC(C)CC)OC(=O)CCCCCCCCCCCCCCCCC. The van der Waals surface area contributed by atoms with Crippen molar-refractivity contribution in [1.82, 2.24) is 0 Å². The van der Waals surface area contributed by atoms with Gasteiger partial charge in [0.25, 0.3) is 0 Å². The number of carbonyl (C=O) groups is 4. The first-order valence-electron chi connectivity index (χ1n) is 43.2. The van der Waals surface area contributed by atoms with Gasteiger partial charge in [-0.05, 0) is 31.6 Å². The number of phosphoric acid groups is 2. The third kappa shape index (κ3) is 74.9. The molecule has 0 amide bonds. The van der Waals surface area contributed by atoms with Crippen LogP contribution in [0.2, 0.25) is 0 Å². The van der Waals surface area contributed by atoms with Crippen LogP contribution in [0.4, 0.5) is 0 Å². The Kier molecular flexibility index (Phi) is 74.4. The molecule has 0 fully saturated rings. The monoisotopic (exact) mass is 1490 g/mol. The van der Waals surface area contributed by atoms with Crippen LogP contribution >= 0.6 is 15.6 Å². The molecule has 0 spiro atoms. The Morgan fingerprint density at radius 2 is 0.471 bits per heavy atom. The maximum Gasteiger partial charge on any atom is 0.472 e. The van der Waals surface area contributed by atoms with Gasteiger partial charge >= 0.3 is 39.5 Å². The largest absolute Gasteiger partial charge is 0.472 e. The van der Waals surface area contributed by atoms with Gasteiger partial charge in [0.1, 0.15) is 19.3 Å². The van der Waals surface area contributed by atoms with Crippen LogP contribution < -0.4 is 0 Å². The Bertz CT molecular complexity index is 1950. The number of hydrogen-bond acceptors (Lipinski definition) is 15. The molecule has 0 rings (SSSR count). The summed E-state index contributed by atoms with van der Waals surface area (Å²) in [6, 6.07) is 0. The second kappa shape index (κ2) is 75.9. The molecule has 19 heteroatoms. The summed E-state index contributed by atoms with van der Waals surface area (Å²) in [6.07, 6.45) is 67.8. The van der Waals surface area contributed by atoms with Gasteiger partial charge in [-0.15, -0.1) is 0 Å². The van der Waals surface area contributed by atoms with Crippen molar-refractivity contribution in [3.63, 3.8) is 0 Å². The van der Waals surface area contributed by atoms with E-state index in [2.05, 4.69) is 34.6 Å². The predicted octanol–water partition coefficient (Wildman–Crippen LogP) is 25.2. The fourth-order valence-electron chi connectivity index (χ4n) is 12.9. The van der Waals surface area contributed by atoms with Crippen molar-refractivity contribution >= 4 is 39.5 Å². The highest BCUT2D eigenvalue weighted by Crippen LogP contribution is 2.45. The molecule has 3 N–H and O–H groups in total. The van der Waals surface area contributed by atoms with E-state index in [9.17, 15) is 43.2 Å². The Morgan fingerprint density at radius 3 is 0.696 bits per heavy atom. The van der Waals surface area contributed by atoms with Crippen molar-refractivity contribution in [2.75, 3.05) is 39.6 Å². The lowest BCUT2D eigenvalue weighted by Crippen LogP contribution is -2.30. The lowest BCUT2D eigenvalue weighted by molar-refractivity contribution is -0.161. The quantitative estimate of drug-likeness (QED) is 0.0222. The molecule has 0 radical (unpaired) electrons. The average Bonchev–Trinajstić information content (AvgIpc) is 0.933. The van der Waals surface area contributed by atoms with Gasteiger partial charge in [-0.2, -0.15) is 0 Å². The number of unbranched alkanes of at least 4 members (excludes halogenated alkanes) is 54. The highest BCUT2D eigenvalue weighted by Gasteiger charge is 2.30. The van der Waals surface area contributed by atoms with Gasteiger partial charge < -0.3 is 33.8 Å². The zero-order valence-corrected chi connectivity index (χ0v) is 68.5. The highest BCUT2D eigenvalue weighted by atomic mass is 31.2. The average molecular weight is 1490 g/mol. The smallest absolute Gasteiger partial charge is 0.462 e. The summed E-state index contributed by atoms with van der Waals surface area (Å²) in [5, 5.41) is 10.7. The maximum absolute atomic E-state index is 13.1. The number of hydrogen-bond donors (Lipinski definition) is 3. The van der Waals surface area contributed by atoms with Crippen LogP contribution in [0.1, 0.15) is 446 Å². The predicted molar refractivity (Wildman–Crippen MR) is 418 cm³/mol. The van der Waals surface area contributed by atoms with Crippen molar-refractivity contribution in [3.8, 4) is 0 Å². The highest BCUT2D eigenvalue weighted by molar-refractivity contribution is 7.47. The van der Waals surface area contributed by atoms with E-state index in [0.717, 1.165) is 95.8 Å². The summed E-state index contributed by atoms with van der Waals surface area (Å²) in [5.74, 6) is -1.32. The minimum absolute atomic E-state index is 0.108. The molecule has 3 unspecified atom stereocenters. The van der Waals surface area contributed by atoms with Gasteiger partial charge in [-0.1, -0.05) is 394 Å². The zero-order valence-electron chi connectivity index (χ0n) is 66.8. The van der Waals surface area contributed by atoms with Crippen LogP contribution in [0.5, 0.6) is 0 Å². The Hall–Kier alpha value is -1.94. The zero-order chi connectivity index (χ0) is 74.8. The second-order valence-electron chi connectivity index (χ2n) is 30.1. The van der Waals surface area contributed by atoms with Crippen LogP contribution in [0.15, 0.2) is 0 Å². The molecule has 0 heterocycles. The third-order valence-corrected chi connectivity index (χ3v) is 21.8. The molecule has 0 bridgehead atoms. The van der Waals surface area contributed by atoms with Crippen molar-refractivity contribution in [1.29, 1.82) is 0 Å². The fraction of sp³-hybridized carbons (Fsp3) is 0.952. The molecule has 0 saturated carbocycles. The van der Waals surface area contributed by atoms with E-state index in [1.54, 1.807) is 0 Å². The van der Waals surface area contributed by atoms with Gasteiger partial charge in [0, 0.05) is 25.7 Å². The van der Waals surface area contributed by atoms with E-state index in [1.165, 1.54) is 270 Å². The molecular weight excluding hydrogens is 1330 g/mol. The minimum atomic E-state index is -4.96. The van der Waals surface area contributed by atoms with Gasteiger partial charge in [0.05, 0.1) is 26.4 Å². The summed E-state index contributed by atoms with van der Waals surface area (Å²) < 4.78 is 68.8. The molecular formula is C83H162O17P2. The Balaban J connectivity index is 5.26. The lowest BCUT2D eigenvalue weighted by atomic mass is 9.99. The first-order chi connectivity index (χ1) is 49.6. The molecule has 0 aliphatic heterocycles. The molecule has 102 heavy (non-hydrogen) atoms. The number of aliphatic hydroxyl groups is 1. The van der Waals surface area contributed by atoms with Crippen LogP contribution in [-0.2, 0) is 65.4 Å². The standard InChI is InChI=1S/C83H162O17P2/c1-6-10-13-16-19-22-25-28-31-33-35-38-41-44-47-54-59-64-69-82(87)99-78(72-93-80(85)66-61-56-51-45-42-39-37-34-32-29-26-23-20-17-14-11-7-2)74-97-101(89,90)95-70-77(84)71-96-102(91,92)98-75-79(73-94-81(86)67-62-57-52-49-48-50-55-60-65-76(5)9-4)100-83(88)68-63-58-53-46-43-40-36-30-27-24-21-18-15-12-8-3/h76-79,84H,6-75H2,1-5H3,(H,89,90)(H,91,92)/t76?,77-,78-,79-/m1/s1. The first kappa shape index (κ1) is 100. The van der Waals surface area contributed by atoms with E-state index >= 15 is 0 Å². The summed E-state index contributed by atoms with van der Waals surface area (Å²) in [6.45, 7) is 7.36. The molecule has 0 saturated heterocycles. The van der Waals surface area contributed by atoms with Crippen molar-refractivity contribution in [3.05, 3.63) is 0 Å². The topological polar surface area (TPSA) is 237 Å². The van der Waals surface area contributed by atoms with Crippen molar-refractivity contribution in [2.45, 2.75) is 464 Å². The van der Waals surface area contributed by atoms with Crippen LogP contribution in [0.25, 0.3) is 0 Å². The molecule has 0 aliphatic rings. The molecule has 0 aromatic heterocycles.